The highest BCUT2D eigenvalue weighted by molar-refractivity contribution is 14.0. The van der Waals surface area contributed by atoms with E-state index in [1.807, 2.05) is 36.4 Å². The van der Waals surface area contributed by atoms with Gasteiger partial charge < -0.3 is 25.0 Å². The summed E-state index contributed by atoms with van der Waals surface area (Å²) in [6, 6.07) is 11.3. The number of ether oxygens (including phenoxy) is 2. The smallest absolute Gasteiger partial charge is 0.219 e. The van der Waals surface area contributed by atoms with Crippen LogP contribution in [0.4, 0.5) is 0 Å². The highest BCUT2D eigenvalue weighted by atomic mass is 127. The summed E-state index contributed by atoms with van der Waals surface area (Å²) in [5.41, 5.74) is 1.03. The van der Waals surface area contributed by atoms with Gasteiger partial charge in [-0.15, -0.1) is 24.0 Å². The molecule has 0 spiro atoms. The molecule has 0 bridgehead atoms. The van der Waals surface area contributed by atoms with Gasteiger partial charge in [0.15, 0.2) is 5.96 Å². The highest BCUT2D eigenvalue weighted by Crippen LogP contribution is 2.23. The molecule has 1 aromatic carbocycles. The zero-order chi connectivity index (χ0) is 21.0. The molecule has 2 N–H and O–H groups in total. The standard InChI is InChI=1S/C23H33N5O2.HI/c1-3-24-23(25-12-15-28-13-5-4-6-14-28)27-18-19-10-11-22(26-17-19)30-21-9-7-8-20(16-21)29-2;/h7-11,16-17H,3-6,12-15,18H2,1-2H3,(H2,24,25,27);1H. The van der Waals surface area contributed by atoms with Crippen molar-refractivity contribution in [1.29, 1.82) is 0 Å². The average molecular weight is 539 g/mol. The van der Waals surface area contributed by atoms with Crippen LogP contribution in [0, 0.1) is 0 Å². The van der Waals surface area contributed by atoms with E-state index in [9.17, 15) is 0 Å². The molecule has 31 heavy (non-hydrogen) atoms. The maximum Gasteiger partial charge on any atom is 0.219 e. The molecular weight excluding hydrogens is 505 g/mol. The Labute approximate surface area is 202 Å². The van der Waals surface area contributed by atoms with Gasteiger partial charge in [0.1, 0.15) is 11.5 Å². The molecule has 2 heterocycles. The van der Waals surface area contributed by atoms with Crippen LogP contribution < -0.4 is 20.1 Å². The number of hydrogen-bond acceptors (Lipinski definition) is 5. The normalized spacial score (nSPS) is 14.5. The summed E-state index contributed by atoms with van der Waals surface area (Å²) in [7, 11) is 1.64. The molecule has 1 aromatic heterocycles. The number of halogens is 1. The zero-order valence-electron chi connectivity index (χ0n) is 18.5. The first-order valence-corrected chi connectivity index (χ1v) is 10.8. The van der Waals surface area contributed by atoms with E-state index in [2.05, 4.69) is 32.4 Å². The summed E-state index contributed by atoms with van der Waals surface area (Å²) in [5.74, 6) is 2.83. The predicted molar refractivity (Wildman–Crippen MR) is 136 cm³/mol. The van der Waals surface area contributed by atoms with Crippen LogP contribution in [-0.2, 0) is 6.54 Å². The lowest BCUT2D eigenvalue weighted by Crippen LogP contribution is -2.42. The number of likely N-dealkylation sites (tertiary alicyclic amines) is 1. The molecule has 1 aliphatic rings. The molecule has 8 heteroatoms. The number of aromatic nitrogens is 1. The van der Waals surface area contributed by atoms with Crippen molar-refractivity contribution >= 4 is 29.9 Å². The Morgan fingerprint density at radius 3 is 2.61 bits per heavy atom. The van der Waals surface area contributed by atoms with Crippen LogP contribution in [0.2, 0.25) is 0 Å². The zero-order valence-corrected chi connectivity index (χ0v) is 20.8. The molecular formula is C23H34IN5O2. The minimum Gasteiger partial charge on any atom is -0.497 e. The number of aliphatic imine (C=N–C) groups is 1. The summed E-state index contributed by atoms with van der Waals surface area (Å²) >= 11 is 0. The Morgan fingerprint density at radius 2 is 1.90 bits per heavy atom. The Balaban J connectivity index is 0.00000341. The number of rotatable bonds is 9. The Kier molecular flexibility index (Phi) is 11.4. The second kappa shape index (κ2) is 14.1. The van der Waals surface area contributed by atoms with E-state index in [1.54, 1.807) is 13.3 Å². The van der Waals surface area contributed by atoms with Crippen LogP contribution >= 0.6 is 24.0 Å². The number of nitrogens with zero attached hydrogens (tertiary/aromatic N) is 3. The van der Waals surface area contributed by atoms with Crippen molar-refractivity contribution in [3.8, 4) is 17.4 Å². The molecule has 0 aliphatic carbocycles. The average Bonchev–Trinajstić information content (AvgIpc) is 2.79. The summed E-state index contributed by atoms with van der Waals surface area (Å²) < 4.78 is 11.0. The third kappa shape index (κ3) is 8.90. The molecule has 0 saturated carbocycles. The summed E-state index contributed by atoms with van der Waals surface area (Å²) in [6.45, 7) is 7.86. The highest BCUT2D eigenvalue weighted by Gasteiger charge is 2.09. The largest absolute Gasteiger partial charge is 0.497 e. The second-order valence-electron chi connectivity index (χ2n) is 7.31. The van der Waals surface area contributed by atoms with Gasteiger partial charge in [-0.1, -0.05) is 18.6 Å². The number of pyridine rings is 1. The molecule has 1 fully saturated rings. The molecule has 7 nitrogen and oxygen atoms in total. The molecule has 0 amide bonds. The molecule has 170 valence electrons. The van der Waals surface area contributed by atoms with Crippen molar-refractivity contribution in [2.45, 2.75) is 32.7 Å². The van der Waals surface area contributed by atoms with E-state index in [4.69, 9.17) is 9.47 Å². The SMILES string of the molecule is CCNC(=NCc1ccc(Oc2cccc(OC)c2)nc1)NCCN1CCCCC1.I. The van der Waals surface area contributed by atoms with E-state index in [0.29, 0.717) is 18.2 Å². The molecule has 3 rings (SSSR count). The van der Waals surface area contributed by atoms with Gasteiger partial charge in [0.2, 0.25) is 5.88 Å². The summed E-state index contributed by atoms with van der Waals surface area (Å²) in [5, 5.41) is 6.74. The number of piperidine rings is 1. The van der Waals surface area contributed by atoms with E-state index in [-0.39, 0.29) is 24.0 Å². The van der Waals surface area contributed by atoms with E-state index in [0.717, 1.165) is 36.9 Å². The lowest BCUT2D eigenvalue weighted by atomic mass is 10.1. The molecule has 0 unspecified atom stereocenters. The fourth-order valence-electron chi connectivity index (χ4n) is 3.38. The molecule has 1 aliphatic heterocycles. The van der Waals surface area contributed by atoms with Crippen molar-refractivity contribution < 1.29 is 9.47 Å². The number of hydrogen-bond donors (Lipinski definition) is 2. The van der Waals surface area contributed by atoms with Crippen molar-refractivity contribution in [1.82, 2.24) is 20.5 Å². The van der Waals surface area contributed by atoms with Gasteiger partial charge in [-0.25, -0.2) is 9.98 Å². The van der Waals surface area contributed by atoms with Crippen LogP contribution in [0.3, 0.4) is 0 Å². The van der Waals surface area contributed by atoms with Gasteiger partial charge >= 0.3 is 0 Å². The third-order valence-corrected chi connectivity index (χ3v) is 4.99. The monoisotopic (exact) mass is 539 g/mol. The van der Waals surface area contributed by atoms with Crippen LogP contribution in [0.25, 0.3) is 0 Å². The minimum absolute atomic E-state index is 0. The van der Waals surface area contributed by atoms with Gasteiger partial charge in [0.05, 0.1) is 13.7 Å². The Hall–Kier alpha value is -2.07. The van der Waals surface area contributed by atoms with Crippen molar-refractivity contribution in [2.24, 2.45) is 4.99 Å². The van der Waals surface area contributed by atoms with Crippen molar-refractivity contribution in [2.75, 3.05) is 39.8 Å². The van der Waals surface area contributed by atoms with Gasteiger partial charge in [-0.05, 0) is 50.6 Å². The molecule has 1 saturated heterocycles. The van der Waals surface area contributed by atoms with E-state index < -0.39 is 0 Å². The first-order chi connectivity index (χ1) is 14.8. The maximum atomic E-state index is 5.79. The van der Waals surface area contributed by atoms with Crippen molar-refractivity contribution in [3.05, 3.63) is 48.2 Å². The lowest BCUT2D eigenvalue weighted by Gasteiger charge is -2.26. The van der Waals surface area contributed by atoms with E-state index in [1.165, 1.54) is 32.4 Å². The number of methoxy groups -OCH3 is 1. The lowest BCUT2D eigenvalue weighted by molar-refractivity contribution is 0.232. The fraction of sp³-hybridized carbons (Fsp3) is 0.478. The summed E-state index contributed by atoms with van der Waals surface area (Å²) in [4.78, 5) is 11.6. The molecule has 2 aromatic rings. The van der Waals surface area contributed by atoms with Crippen LogP contribution in [-0.4, -0.2) is 55.7 Å². The van der Waals surface area contributed by atoms with Gasteiger partial charge in [-0.2, -0.15) is 0 Å². The quantitative estimate of drug-likeness (QED) is 0.285. The molecule has 0 radical (unpaired) electrons. The first kappa shape index (κ1) is 25.2. The maximum absolute atomic E-state index is 5.79. The number of benzene rings is 1. The first-order valence-electron chi connectivity index (χ1n) is 10.8. The predicted octanol–water partition coefficient (Wildman–Crippen LogP) is 4.04. The molecule has 0 atom stereocenters. The van der Waals surface area contributed by atoms with E-state index >= 15 is 0 Å². The fourth-order valence-corrected chi connectivity index (χ4v) is 3.38. The van der Waals surface area contributed by atoms with Crippen LogP contribution in [0.15, 0.2) is 47.6 Å². The third-order valence-electron chi connectivity index (χ3n) is 4.99. The number of nitrogens with one attached hydrogen (secondary N) is 2. The van der Waals surface area contributed by atoms with Crippen molar-refractivity contribution in [3.63, 3.8) is 0 Å². The van der Waals surface area contributed by atoms with Crippen LogP contribution in [0.5, 0.6) is 17.4 Å². The summed E-state index contributed by atoms with van der Waals surface area (Å²) in [6.07, 6.45) is 5.80. The number of guanidine groups is 1. The van der Waals surface area contributed by atoms with Gasteiger partial charge in [0.25, 0.3) is 0 Å². The van der Waals surface area contributed by atoms with Gasteiger partial charge in [0, 0.05) is 38.0 Å². The minimum atomic E-state index is 0. The van der Waals surface area contributed by atoms with Crippen LogP contribution in [0.1, 0.15) is 31.7 Å². The van der Waals surface area contributed by atoms with Gasteiger partial charge in [-0.3, -0.25) is 0 Å². The topological polar surface area (TPSA) is 71.0 Å². The Bertz CT molecular complexity index is 795. The second-order valence-corrected chi connectivity index (χ2v) is 7.31. The Morgan fingerprint density at radius 1 is 1.10 bits per heavy atom.